The van der Waals surface area contributed by atoms with Crippen LogP contribution >= 0.6 is 0 Å². The highest BCUT2D eigenvalue weighted by atomic mass is 32.2. The van der Waals surface area contributed by atoms with E-state index in [2.05, 4.69) is 10.3 Å². The first-order valence-electron chi connectivity index (χ1n) is 6.19. The third-order valence-corrected chi connectivity index (χ3v) is 5.05. The Hall–Kier alpha value is -1.70. The molecule has 1 aromatic rings. The van der Waals surface area contributed by atoms with Gasteiger partial charge in [0.15, 0.2) is 9.84 Å². The summed E-state index contributed by atoms with van der Waals surface area (Å²) in [6.07, 6.45) is 1.02. The van der Waals surface area contributed by atoms with Crippen LogP contribution in [0.4, 0.5) is 10.2 Å². The number of amides is 1. The molecule has 0 bridgehead atoms. The van der Waals surface area contributed by atoms with E-state index in [4.69, 9.17) is 0 Å². The lowest BCUT2D eigenvalue weighted by Gasteiger charge is -2.33. The molecule has 1 aliphatic heterocycles. The summed E-state index contributed by atoms with van der Waals surface area (Å²) in [5.74, 6) is -0.887. The fraction of sp³-hybridized carbons (Fsp3) is 0.500. The number of aromatic nitrogens is 1. The zero-order valence-corrected chi connectivity index (χ0v) is 12.1. The van der Waals surface area contributed by atoms with Crippen molar-refractivity contribution >= 4 is 21.6 Å². The summed E-state index contributed by atoms with van der Waals surface area (Å²) in [5.41, 5.74) is 0.110. The van der Waals surface area contributed by atoms with Gasteiger partial charge >= 0.3 is 0 Å². The van der Waals surface area contributed by atoms with Gasteiger partial charge in [-0.05, 0) is 13.0 Å². The van der Waals surface area contributed by atoms with Gasteiger partial charge in [-0.1, -0.05) is 0 Å². The highest BCUT2D eigenvalue weighted by molar-refractivity contribution is 7.91. The minimum atomic E-state index is -3.10. The number of halogens is 1. The van der Waals surface area contributed by atoms with E-state index in [1.165, 1.54) is 4.90 Å². The van der Waals surface area contributed by atoms with Gasteiger partial charge in [-0.25, -0.2) is 17.8 Å². The average molecular weight is 301 g/mol. The average Bonchev–Trinajstić information content (AvgIpc) is 2.37. The number of anilines is 1. The summed E-state index contributed by atoms with van der Waals surface area (Å²) in [5, 5.41) is 2.73. The molecule has 20 heavy (non-hydrogen) atoms. The lowest BCUT2D eigenvalue weighted by Crippen LogP contribution is -2.49. The van der Waals surface area contributed by atoms with Crippen LogP contribution in [-0.4, -0.2) is 55.3 Å². The van der Waals surface area contributed by atoms with Gasteiger partial charge in [0.2, 0.25) is 0 Å². The zero-order chi connectivity index (χ0) is 14.9. The molecule has 6 nitrogen and oxygen atoms in total. The van der Waals surface area contributed by atoms with Crippen molar-refractivity contribution in [3.8, 4) is 0 Å². The van der Waals surface area contributed by atoms with Gasteiger partial charge < -0.3 is 10.2 Å². The zero-order valence-electron chi connectivity index (χ0n) is 11.3. The van der Waals surface area contributed by atoms with E-state index < -0.39 is 27.6 Å². The molecule has 8 heteroatoms. The molecule has 0 saturated carbocycles. The molecular formula is C12H16FN3O3S. The van der Waals surface area contributed by atoms with Crippen molar-refractivity contribution in [2.45, 2.75) is 13.0 Å². The Bertz CT molecular complexity index is 633. The van der Waals surface area contributed by atoms with Crippen LogP contribution in [0.15, 0.2) is 12.3 Å². The molecule has 1 amide bonds. The second-order valence-electron chi connectivity index (χ2n) is 4.76. The first kappa shape index (κ1) is 14.7. The van der Waals surface area contributed by atoms with Crippen molar-refractivity contribution in [2.24, 2.45) is 0 Å². The summed E-state index contributed by atoms with van der Waals surface area (Å²) in [6.45, 7) is 1.78. The van der Waals surface area contributed by atoms with Gasteiger partial charge in [-0.2, -0.15) is 0 Å². The standard InChI is InChI=1S/C12H16FN3O3S/c1-8-7-20(18,19)4-3-16(8)12(17)10-5-9(13)6-15-11(10)14-2/h5-6,8H,3-4,7H2,1-2H3,(H,14,15). The van der Waals surface area contributed by atoms with Crippen LogP contribution in [-0.2, 0) is 9.84 Å². The van der Waals surface area contributed by atoms with E-state index in [0.29, 0.717) is 0 Å². The lowest BCUT2D eigenvalue weighted by atomic mass is 10.2. The van der Waals surface area contributed by atoms with Gasteiger partial charge in [0.25, 0.3) is 5.91 Å². The smallest absolute Gasteiger partial charge is 0.258 e. The van der Waals surface area contributed by atoms with Gasteiger partial charge in [0, 0.05) is 19.6 Å². The van der Waals surface area contributed by atoms with Gasteiger partial charge in [0.1, 0.15) is 11.6 Å². The number of sulfone groups is 1. The Morgan fingerprint density at radius 2 is 2.25 bits per heavy atom. The van der Waals surface area contributed by atoms with Crippen molar-refractivity contribution in [3.63, 3.8) is 0 Å². The molecule has 1 unspecified atom stereocenters. The van der Waals surface area contributed by atoms with Crippen molar-refractivity contribution in [1.29, 1.82) is 0 Å². The summed E-state index contributed by atoms with van der Waals surface area (Å²) in [4.78, 5) is 17.7. The van der Waals surface area contributed by atoms with E-state index in [9.17, 15) is 17.6 Å². The molecule has 1 aromatic heterocycles. The number of carbonyl (C=O) groups is 1. The third kappa shape index (κ3) is 2.90. The molecule has 1 aliphatic rings. The minimum Gasteiger partial charge on any atom is -0.372 e. The molecule has 1 atom stereocenters. The summed E-state index contributed by atoms with van der Waals surface area (Å²) in [7, 11) is -1.52. The van der Waals surface area contributed by atoms with Crippen LogP contribution < -0.4 is 5.32 Å². The first-order valence-corrected chi connectivity index (χ1v) is 8.01. The number of carbonyl (C=O) groups excluding carboxylic acids is 1. The molecule has 0 aromatic carbocycles. The SMILES string of the molecule is CNc1ncc(F)cc1C(=O)N1CCS(=O)(=O)CC1C. The van der Waals surface area contributed by atoms with Crippen LogP contribution in [0.5, 0.6) is 0 Å². The van der Waals surface area contributed by atoms with E-state index >= 15 is 0 Å². The number of hydrogen-bond acceptors (Lipinski definition) is 5. The molecule has 1 saturated heterocycles. The topological polar surface area (TPSA) is 79.4 Å². The highest BCUT2D eigenvalue weighted by Gasteiger charge is 2.32. The largest absolute Gasteiger partial charge is 0.372 e. The summed E-state index contributed by atoms with van der Waals surface area (Å²) in [6, 6.07) is 0.672. The van der Waals surface area contributed by atoms with Crippen LogP contribution in [0.25, 0.3) is 0 Å². The fourth-order valence-electron chi connectivity index (χ4n) is 2.26. The Kier molecular flexibility index (Phi) is 3.94. The Morgan fingerprint density at radius 1 is 1.55 bits per heavy atom. The number of nitrogens with zero attached hydrogens (tertiary/aromatic N) is 2. The number of pyridine rings is 1. The van der Waals surface area contributed by atoms with Crippen molar-refractivity contribution in [2.75, 3.05) is 30.4 Å². The Labute approximate surface area is 116 Å². The normalized spacial score (nSPS) is 21.6. The van der Waals surface area contributed by atoms with E-state index in [1.807, 2.05) is 0 Å². The third-order valence-electron chi connectivity index (χ3n) is 3.25. The van der Waals surface area contributed by atoms with Gasteiger partial charge in [-0.15, -0.1) is 0 Å². The lowest BCUT2D eigenvalue weighted by molar-refractivity contribution is 0.0712. The predicted molar refractivity (Wildman–Crippen MR) is 72.9 cm³/mol. The predicted octanol–water partition coefficient (Wildman–Crippen LogP) is 0.521. The Morgan fingerprint density at radius 3 is 2.85 bits per heavy atom. The summed E-state index contributed by atoms with van der Waals surface area (Å²) >= 11 is 0. The van der Waals surface area contributed by atoms with Crippen LogP contribution in [0, 0.1) is 5.82 Å². The molecule has 2 rings (SSSR count). The molecule has 110 valence electrons. The van der Waals surface area contributed by atoms with Crippen LogP contribution in [0.2, 0.25) is 0 Å². The number of hydrogen-bond donors (Lipinski definition) is 1. The fourth-order valence-corrected chi connectivity index (χ4v) is 3.81. The van der Waals surface area contributed by atoms with E-state index in [-0.39, 0.29) is 29.4 Å². The molecule has 0 radical (unpaired) electrons. The molecule has 1 N–H and O–H groups in total. The maximum absolute atomic E-state index is 13.3. The number of rotatable bonds is 2. The second-order valence-corrected chi connectivity index (χ2v) is 6.99. The van der Waals surface area contributed by atoms with Gasteiger partial charge in [-0.3, -0.25) is 4.79 Å². The second kappa shape index (κ2) is 5.35. The van der Waals surface area contributed by atoms with E-state index in [1.54, 1.807) is 14.0 Å². The Balaban J connectivity index is 2.30. The van der Waals surface area contributed by atoms with E-state index in [0.717, 1.165) is 12.3 Å². The molecule has 0 aliphatic carbocycles. The van der Waals surface area contributed by atoms with Crippen molar-refractivity contribution in [3.05, 3.63) is 23.6 Å². The van der Waals surface area contributed by atoms with Crippen LogP contribution in [0.1, 0.15) is 17.3 Å². The van der Waals surface area contributed by atoms with Gasteiger partial charge in [0.05, 0.1) is 23.3 Å². The first-order chi connectivity index (χ1) is 9.34. The molecule has 0 spiro atoms. The monoisotopic (exact) mass is 301 g/mol. The van der Waals surface area contributed by atoms with Crippen molar-refractivity contribution in [1.82, 2.24) is 9.88 Å². The quantitative estimate of drug-likeness (QED) is 0.861. The number of nitrogens with one attached hydrogen (secondary N) is 1. The van der Waals surface area contributed by atoms with Crippen LogP contribution in [0.3, 0.4) is 0 Å². The highest BCUT2D eigenvalue weighted by Crippen LogP contribution is 2.20. The summed E-state index contributed by atoms with van der Waals surface area (Å²) < 4.78 is 36.3. The minimum absolute atomic E-state index is 0.0687. The van der Waals surface area contributed by atoms with Crippen molar-refractivity contribution < 1.29 is 17.6 Å². The maximum atomic E-state index is 13.3. The molecule has 2 heterocycles. The molecular weight excluding hydrogens is 285 g/mol. The molecule has 1 fully saturated rings. The maximum Gasteiger partial charge on any atom is 0.258 e.